The molecule has 0 aromatic heterocycles. The van der Waals surface area contributed by atoms with Gasteiger partial charge in [0.15, 0.2) is 0 Å². The zero-order chi connectivity index (χ0) is 13.2. The van der Waals surface area contributed by atoms with E-state index in [1.165, 1.54) is 0 Å². The molecular formula is C8H15O8P3S. The molecule has 8 nitrogen and oxygen atoms in total. The number of carboxylic acid groups (broad SMARTS) is 2. The Hall–Kier alpha value is -0.840. The molecule has 0 amide bonds. The van der Waals surface area contributed by atoms with E-state index in [1.54, 1.807) is 0 Å². The first-order chi connectivity index (χ1) is 7.69. The Morgan fingerprint density at radius 2 is 1.25 bits per heavy atom. The summed E-state index contributed by atoms with van der Waals surface area (Å²) >= 11 is 0. The summed E-state index contributed by atoms with van der Waals surface area (Å²) in [4.78, 5) is 21.3. The Morgan fingerprint density at radius 3 is 1.50 bits per heavy atom. The zero-order valence-corrected chi connectivity index (χ0v) is 15.2. The van der Waals surface area contributed by atoms with Crippen molar-refractivity contribution in [2.75, 3.05) is 0 Å². The lowest BCUT2D eigenvalue weighted by Gasteiger charge is -2.04. The largest absolute Gasteiger partial charge is 0.478 e. The van der Waals surface area contributed by atoms with Crippen LogP contribution in [0.1, 0.15) is 20.7 Å². The maximum absolute atomic E-state index is 10.6. The fraction of sp³-hybridized carbons (Fsp3) is 0. The molecule has 0 fully saturated rings. The van der Waals surface area contributed by atoms with Crippen LogP contribution in [0.2, 0.25) is 0 Å². The molecule has 3 N–H and O–H groups in total. The first kappa shape index (κ1) is 24.2. The van der Waals surface area contributed by atoms with E-state index in [-0.39, 0.29) is 29.7 Å². The molecule has 1 aromatic rings. The number of carboxylic acids is 2. The molecule has 0 bridgehead atoms. The van der Waals surface area contributed by atoms with Crippen molar-refractivity contribution < 1.29 is 37.0 Å². The lowest BCUT2D eigenvalue weighted by molar-refractivity contribution is 0.0696. The van der Waals surface area contributed by atoms with Crippen molar-refractivity contribution >= 4 is 52.0 Å². The molecule has 3 atom stereocenters. The quantitative estimate of drug-likeness (QED) is 0.517. The van der Waals surface area contributed by atoms with Gasteiger partial charge in [-0.25, -0.2) is 9.59 Å². The van der Waals surface area contributed by atoms with E-state index in [0.29, 0.717) is 0 Å². The summed E-state index contributed by atoms with van der Waals surface area (Å²) in [5.74, 6) is -3.54. The maximum Gasteiger partial charge on any atom is 0.446 e. The Kier molecular flexibility index (Phi) is 11.1. The standard InChI is InChI=1S/C8H6O8S.3H3P/c9-7(10)4-1-5(8(11)12)3-6(2-4)16-17(13,14)15;;;/h1-3H,(H,9,10)(H,11,12)(H,13,14,15);3*1H3. The summed E-state index contributed by atoms with van der Waals surface area (Å²) in [7, 11) is -4.85. The van der Waals surface area contributed by atoms with Crippen LogP contribution in [0, 0.1) is 0 Å². The first-order valence-electron chi connectivity index (χ1n) is 3.97. The lowest BCUT2D eigenvalue weighted by Crippen LogP contribution is -2.09. The van der Waals surface area contributed by atoms with Crippen molar-refractivity contribution in [1.29, 1.82) is 0 Å². The molecule has 0 radical (unpaired) electrons. The van der Waals surface area contributed by atoms with Gasteiger partial charge in [0, 0.05) is 0 Å². The molecule has 116 valence electrons. The molecule has 20 heavy (non-hydrogen) atoms. The predicted octanol–water partition coefficient (Wildman–Crippen LogP) is 0.439. The minimum Gasteiger partial charge on any atom is -0.478 e. The molecule has 12 heteroatoms. The van der Waals surface area contributed by atoms with Gasteiger partial charge in [0.2, 0.25) is 0 Å². The van der Waals surface area contributed by atoms with Gasteiger partial charge < -0.3 is 14.4 Å². The number of benzene rings is 1. The van der Waals surface area contributed by atoms with Gasteiger partial charge in [0.05, 0.1) is 11.1 Å². The Balaban J connectivity index is -0.000000963. The minimum atomic E-state index is -4.85. The fourth-order valence-electron chi connectivity index (χ4n) is 1.02. The highest BCUT2D eigenvalue weighted by molar-refractivity contribution is 7.81. The third-order valence-corrected chi connectivity index (χ3v) is 2.01. The average molecular weight is 364 g/mol. The van der Waals surface area contributed by atoms with E-state index < -0.39 is 39.2 Å². The van der Waals surface area contributed by atoms with E-state index in [4.69, 9.17) is 14.8 Å². The van der Waals surface area contributed by atoms with E-state index >= 15 is 0 Å². The van der Waals surface area contributed by atoms with Crippen molar-refractivity contribution in [2.45, 2.75) is 0 Å². The Bertz CT molecular complexity index is 553. The van der Waals surface area contributed by atoms with Crippen LogP contribution >= 0.6 is 29.7 Å². The number of aromatic carboxylic acids is 2. The van der Waals surface area contributed by atoms with Gasteiger partial charge in [0.1, 0.15) is 5.75 Å². The summed E-state index contributed by atoms with van der Waals surface area (Å²) < 4.78 is 33.2. The summed E-state index contributed by atoms with van der Waals surface area (Å²) in [5.41, 5.74) is -0.966. The predicted molar refractivity (Wildman–Crippen MR) is 85.9 cm³/mol. The minimum absolute atomic E-state index is 0. The summed E-state index contributed by atoms with van der Waals surface area (Å²) in [6, 6.07) is 2.35. The molecule has 3 unspecified atom stereocenters. The van der Waals surface area contributed by atoms with Crippen LogP contribution < -0.4 is 4.18 Å². The van der Waals surface area contributed by atoms with Gasteiger partial charge in [-0.05, 0) is 18.2 Å². The summed E-state index contributed by atoms with van der Waals surface area (Å²) in [5, 5.41) is 17.3. The molecule has 0 aliphatic heterocycles. The molecule has 0 heterocycles. The normalized spacial score (nSPS) is 9.25. The SMILES string of the molecule is O=C(O)c1cc(OS(=O)(=O)O)cc(C(=O)O)c1.P.P.P. The van der Waals surface area contributed by atoms with Crippen LogP contribution in [0.3, 0.4) is 0 Å². The molecule has 0 saturated heterocycles. The van der Waals surface area contributed by atoms with Crippen LogP contribution in [0.15, 0.2) is 18.2 Å². The van der Waals surface area contributed by atoms with Crippen LogP contribution in [0.5, 0.6) is 5.75 Å². The van der Waals surface area contributed by atoms with E-state index in [2.05, 4.69) is 4.18 Å². The molecule has 0 saturated carbocycles. The second kappa shape index (κ2) is 9.16. The van der Waals surface area contributed by atoms with Crippen molar-refractivity contribution in [1.82, 2.24) is 0 Å². The number of rotatable bonds is 4. The van der Waals surface area contributed by atoms with Gasteiger partial charge in [0.25, 0.3) is 0 Å². The average Bonchev–Trinajstić information content (AvgIpc) is 2.14. The number of hydrogen-bond acceptors (Lipinski definition) is 5. The third-order valence-electron chi connectivity index (χ3n) is 1.60. The molecule has 0 spiro atoms. The van der Waals surface area contributed by atoms with Gasteiger partial charge in [-0.3, -0.25) is 4.55 Å². The van der Waals surface area contributed by atoms with Gasteiger partial charge in [-0.1, -0.05) is 0 Å². The molecule has 0 aliphatic rings. The Morgan fingerprint density at radius 1 is 0.900 bits per heavy atom. The Labute approximate surface area is 124 Å². The van der Waals surface area contributed by atoms with Gasteiger partial charge in [-0.15, -0.1) is 0 Å². The van der Waals surface area contributed by atoms with E-state index in [9.17, 15) is 18.0 Å². The molecular weight excluding hydrogens is 349 g/mol. The molecule has 1 aromatic carbocycles. The topological polar surface area (TPSA) is 138 Å². The maximum atomic E-state index is 10.6. The summed E-state index contributed by atoms with van der Waals surface area (Å²) in [6.45, 7) is 0. The first-order valence-corrected chi connectivity index (χ1v) is 5.34. The number of carbonyl (C=O) groups is 2. The highest BCUT2D eigenvalue weighted by Crippen LogP contribution is 2.19. The van der Waals surface area contributed by atoms with Crippen LogP contribution in [0.4, 0.5) is 0 Å². The van der Waals surface area contributed by atoms with Crippen LogP contribution in [0.25, 0.3) is 0 Å². The van der Waals surface area contributed by atoms with Crippen molar-refractivity contribution in [3.8, 4) is 5.75 Å². The fourth-order valence-corrected chi connectivity index (χ4v) is 1.36. The highest BCUT2D eigenvalue weighted by Gasteiger charge is 2.15. The lowest BCUT2D eigenvalue weighted by atomic mass is 10.1. The molecule has 0 aliphatic carbocycles. The summed E-state index contributed by atoms with van der Waals surface area (Å²) in [6.07, 6.45) is 0. The van der Waals surface area contributed by atoms with E-state index in [1.807, 2.05) is 0 Å². The monoisotopic (exact) mass is 364 g/mol. The third kappa shape index (κ3) is 7.68. The van der Waals surface area contributed by atoms with Crippen molar-refractivity contribution in [3.05, 3.63) is 29.3 Å². The van der Waals surface area contributed by atoms with Crippen molar-refractivity contribution in [3.63, 3.8) is 0 Å². The highest BCUT2D eigenvalue weighted by atomic mass is 32.3. The second-order valence-electron chi connectivity index (χ2n) is 2.87. The van der Waals surface area contributed by atoms with Crippen LogP contribution in [-0.2, 0) is 10.4 Å². The van der Waals surface area contributed by atoms with Gasteiger partial charge >= 0.3 is 22.3 Å². The number of hydrogen-bond donors (Lipinski definition) is 3. The van der Waals surface area contributed by atoms with Crippen molar-refractivity contribution in [2.24, 2.45) is 0 Å². The van der Waals surface area contributed by atoms with Gasteiger partial charge in [-0.2, -0.15) is 38.1 Å². The van der Waals surface area contributed by atoms with Crippen LogP contribution in [-0.4, -0.2) is 35.1 Å². The molecule has 1 rings (SSSR count). The zero-order valence-electron chi connectivity index (χ0n) is 10.1. The van der Waals surface area contributed by atoms with E-state index in [0.717, 1.165) is 18.2 Å². The smallest absolute Gasteiger partial charge is 0.446 e. The second-order valence-corrected chi connectivity index (χ2v) is 3.89.